The van der Waals surface area contributed by atoms with E-state index in [0.717, 1.165) is 30.5 Å². The van der Waals surface area contributed by atoms with Gasteiger partial charge in [-0.15, -0.1) is 0 Å². The van der Waals surface area contributed by atoms with Gasteiger partial charge in [0, 0.05) is 39.0 Å². The van der Waals surface area contributed by atoms with Crippen molar-refractivity contribution in [1.82, 2.24) is 20.0 Å². The van der Waals surface area contributed by atoms with Gasteiger partial charge in [-0.1, -0.05) is 0 Å². The van der Waals surface area contributed by atoms with E-state index in [9.17, 15) is 9.59 Å². The van der Waals surface area contributed by atoms with Crippen LogP contribution < -0.4 is 5.32 Å². The van der Waals surface area contributed by atoms with E-state index in [4.69, 9.17) is 9.47 Å². The van der Waals surface area contributed by atoms with Crippen LogP contribution in [0.15, 0.2) is 0 Å². The Bertz CT molecular complexity index is 668. The van der Waals surface area contributed by atoms with Crippen molar-refractivity contribution >= 4 is 11.8 Å². The predicted molar refractivity (Wildman–Crippen MR) is 90.4 cm³/mol. The second kappa shape index (κ2) is 7.13. The fourth-order valence-electron chi connectivity index (χ4n) is 3.84. The molecule has 1 aromatic rings. The lowest BCUT2D eigenvalue weighted by Crippen LogP contribution is -2.57. The van der Waals surface area contributed by atoms with Crippen LogP contribution in [0.4, 0.5) is 0 Å². The van der Waals surface area contributed by atoms with Crippen LogP contribution in [0.2, 0.25) is 0 Å². The third-order valence-electron chi connectivity index (χ3n) is 5.02. The van der Waals surface area contributed by atoms with Crippen molar-refractivity contribution in [2.75, 3.05) is 40.5 Å². The van der Waals surface area contributed by atoms with E-state index in [1.807, 2.05) is 11.7 Å². The second-order valence-electron chi connectivity index (χ2n) is 6.79. The number of aryl methyl sites for hydroxylation is 1. The Kier molecular flexibility index (Phi) is 5.10. The number of hydrogen-bond donors (Lipinski definition) is 1. The zero-order valence-electron chi connectivity index (χ0n) is 15.1. The topological polar surface area (TPSA) is 85.7 Å². The average molecular weight is 350 g/mol. The smallest absolute Gasteiger partial charge is 0.274 e. The van der Waals surface area contributed by atoms with Gasteiger partial charge in [-0.3, -0.25) is 14.3 Å². The number of morpholine rings is 1. The van der Waals surface area contributed by atoms with E-state index in [1.54, 1.807) is 19.1 Å². The van der Waals surface area contributed by atoms with Gasteiger partial charge in [0.1, 0.15) is 5.60 Å². The van der Waals surface area contributed by atoms with Gasteiger partial charge >= 0.3 is 0 Å². The monoisotopic (exact) mass is 350 g/mol. The Labute approximate surface area is 147 Å². The number of nitrogens with zero attached hydrogens (tertiary/aromatic N) is 3. The molecular weight excluding hydrogens is 324 g/mol. The van der Waals surface area contributed by atoms with Gasteiger partial charge in [0.15, 0.2) is 5.69 Å². The Morgan fingerprint density at radius 1 is 1.40 bits per heavy atom. The zero-order chi connectivity index (χ0) is 18.0. The number of rotatable bonds is 5. The lowest BCUT2D eigenvalue weighted by atomic mass is 9.97. The number of hydrogen-bond acceptors (Lipinski definition) is 5. The summed E-state index contributed by atoms with van der Waals surface area (Å²) in [6.45, 7) is 1.44. The van der Waals surface area contributed by atoms with E-state index in [2.05, 4.69) is 10.4 Å². The number of nitrogens with one attached hydrogen (secondary N) is 1. The first-order valence-electron chi connectivity index (χ1n) is 8.67. The minimum atomic E-state index is -0.819. The van der Waals surface area contributed by atoms with Gasteiger partial charge < -0.3 is 19.7 Å². The van der Waals surface area contributed by atoms with Crippen molar-refractivity contribution in [2.24, 2.45) is 7.05 Å². The molecule has 1 aliphatic carbocycles. The maximum atomic E-state index is 13.1. The molecule has 1 unspecified atom stereocenters. The van der Waals surface area contributed by atoms with Crippen molar-refractivity contribution in [3.05, 3.63) is 17.0 Å². The zero-order valence-corrected chi connectivity index (χ0v) is 15.1. The molecule has 2 heterocycles. The van der Waals surface area contributed by atoms with Crippen LogP contribution in [0.1, 0.15) is 34.6 Å². The van der Waals surface area contributed by atoms with Gasteiger partial charge in [0.25, 0.3) is 5.91 Å². The summed E-state index contributed by atoms with van der Waals surface area (Å²) in [4.78, 5) is 26.7. The molecule has 0 radical (unpaired) electrons. The molecule has 1 aromatic heterocycles. The maximum absolute atomic E-state index is 13.1. The van der Waals surface area contributed by atoms with Crippen LogP contribution in [-0.2, 0) is 34.2 Å². The van der Waals surface area contributed by atoms with Crippen LogP contribution in [0, 0.1) is 0 Å². The molecule has 8 nitrogen and oxygen atoms in total. The quantitative estimate of drug-likeness (QED) is 0.802. The highest BCUT2D eigenvalue weighted by molar-refractivity contribution is 5.94. The van der Waals surface area contributed by atoms with E-state index < -0.39 is 5.60 Å². The van der Waals surface area contributed by atoms with E-state index in [-0.39, 0.29) is 24.8 Å². The molecule has 1 atom stereocenters. The van der Waals surface area contributed by atoms with Crippen LogP contribution >= 0.6 is 0 Å². The molecule has 25 heavy (non-hydrogen) atoms. The van der Waals surface area contributed by atoms with Gasteiger partial charge in [-0.25, -0.2) is 0 Å². The van der Waals surface area contributed by atoms with Crippen molar-refractivity contribution in [3.63, 3.8) is 0 Å². The molecule has 138 valence electrons. The summed E-state index contributed by atoms with van der Waals surface area (Å²) in [5.74, 6) is -0.218. The molecule has 1 saturated heterocycles. The largest absolute Gasteiger partial charge is 0.382 e. The van der Waals surface area contributed by atoms with E-state index in [1.165, 1.54) is 0 Å². The summed E-state index contributed by atoms with van der Waals surface area (Å²) in [5.41, 5.74) is 1.96. The summed E-state index contributed by atoms with van der Waals surface area (Å²) in [7, 11) is 5.05. The summed E-state index contributed by atoms with van der Waals surface area (Å²) < 4.78 is 13.0. The fourth-order valence-corrected chi connectivity index (χ4v) is 3.84. The Hall–Kier alpha value is -1.93. The van der Waals surface area contributed by atoms with Gasteiger partial charge in [-0.05, 0) is 19.3 Å². The first kappa shape index (κ1) is 17.9. The fraction of sp³-hybridized carbons (Fsp3) is 0.706. The average Bonchev–Trinajstić information content (AvgIpc) is 3.19. The Morgan fingerprint density at radius 3 is 2.92 bits per heavy atom. The summed E-state index contributed by atoms with van der Waals surface area (Å²) in [5, 5.41) is 7.07. The lowest BCUT2D eigenvalue weighted by molar-refractivity contribution is -0.150. The highest BCUT2D eigenvalue weighted by Gasteiger charge is 2.41. The summed E-state index contributed by atoms with van der Waals surface area (Å²) in [6, 6.07) is 0. The van der Waals surface area contributed by atoms with Crippen molar-refractivity contribution in [2.45, 2.75) is 31.3 Å². The van der Waals surface area contributed by atoms with E-state index >= 15 is 0 Å². The molecule has 0 saturated carbocycles. The first-order valence-corrected chi connectivity index (χ1v) is 8.67. The number of carbonyl (C=O) groups is 2. The highest BCUT2D eigenvalue weighted by atomic mass is 16.5. The Morgan fingerprint density at radius 2 is 2.20 bits per heavy atom. The minimum Gasteiger partial charge on any atom is -0.382 e. The third kappa shape index (κ3) is 3.41. The van der Waals surface area contributed by atoms with Crippen LogP contribution in [0.5, 0.6) is 0 Å². The third-order valence-corrected chi connectivity index (χ3v) is 5.02. The number of aromatic nitrogens is 2. The molecule has 1 N–H and O–H groups in total. The first-order chi connectivity index (χ1) is 12.0. The molecule has 1 aliphatic heterocycles. The van der Waals surface area contributed by atoms with E-state index in [0.29, 0.717) is 25.4 Å². The van der Waals surface area contributed by atoms with Crippen molar-refractivity contribution in [1.29, 1.82) is 0 Å². The van der Waals surface area contributed by atoms with Crippen molar-refractivity contribution < 1.29 is 19.1 Å². The molecule has 1 fully saturated rings. The number of amides is 2. The number of ether oxygens (including phenoxy) is 2. The van der Waals surface area contributed by atoms with Crippen LogP contribution in [0.25, 0.3) is 0 Å². The number of carbonyl (C=O) groups excluding carboxylic acids is 2. The molecule has 0 aromatic carbocycles. The standard InChI is InChI=1S/C17H26N4O4/c1-18-14(22)9-17(11-24-3)10-21(7-8-25-17)16(23)15-12-5-4-6-13(12)20(2)19-15/h4-11H2,1-3H3,(H,18,22). The second-order valence-corrected chi connectivity index (χ2v) is 6.79. The maximum Gasteiger partial charge on any atom is 0.274 e. The lowest BCUT2D eigenvalue weighted by Gasteiger charge is -2.41. The number of fused-ring (bicyclic) bond motifs is 1. The summed E-state index contributed by atoms with van der Waals surface area (Å²) >= 11 is 0. The van der Waals surface area contributed by atoms with Gasteiger partial charge in [0.2, 0.25) is 5.91 Å². The molecular formula is C17H26N4O4. The van der Waals surface area contributed by atoms with Gasteiger partial charge in [0.05, 0.1) is 26.2 Å². The van der Waals surface area contributed by atoms with Crippen molar-refractivity contribution in [3.8, 4) is 0 Å². The van der Waals surface area contributed by atoms with Gasteiger partial charge in [-0.2, -0.15) is 5.10 Å². The minimum absolute atomic E-state index is 0.0839. The molecule has 3 rings (SSSR count). The normalized spacial score (nSPS) is 22.8. The summed E-state index contributed by atoms with van der Waals surface area (Å²) in [6.07, 6.45) is 3.09. The highest BCUT2D eigenvalue weighted by Crippen LogP contribution is 2.28. The SMILES string of the molecule is CNC(=O)CC1(COC)CN(C(=O)c2nn(C)c3c2CCC3)CCO1. The molecule has 2 aliphatic rings. The molecule has 8 heteroatoms. The van der Waals surface area contributed by atoms with Crippen LogP contribution in [-0.4, -0.2) is 72.6 Å². The number of methoxy groups -OCH3 is 1. The Balaban J connectivity index is 1.81. The van der Waals surface area contributed by atoms with Crippen LogP contribution in [0.3, 0.4) is 0 Å². The molecule has 2 amide bonds. The predicted octanol–water partition coefficient (Wildman–Crippen LogP) is -0.0975. The molecule has 0 bridgehead atoms. The molecule has 0 spiro atoms.